The average molecular weight is 549 g/mol. The van der Waals surface area contributed by atoms with Crippen molar-refractivity contribution >= 4 is 34.7 Å². The van der Waals surface area contributed by atoms with Crippen LogP contribution in [0.5, 0.6) is 0 Å². The number of hydrogen-bond acceptors (Lipinski definition) is 3. The van der Waals surface area contributed by atoms with E-state index in [1.165, 1.54) is 0 Å². The molecule has 0 aliphatic rings. The molecular formula is C33H38ClFN2S. The molecule has 0 fully saturated rings. The lowest BCUT2D eigenvalue weighted by Crippen LogP contribution is -2.51. The van der Waals surface area contributed by atoms with Crippen molar-refractivity contribution in [3.8, 4) is 17.2 Å². The molecule has 0 aliphatic carbocycles. The number of thioether (sulfide) groups is 1. The highest BCUT2D eigenvalue weighted by atomic mass is 35.5. The first kappa shape index (κ1) is 29.8. The third-order valence-corrected chi connectivity index (χ3v) is 9.27. The Labute approximate surface area is 237 Å². The third kappa shape index (κ3) is 5.24. The highest BCUT2D eigenvalue weighted by Gasteiger charge is 2.51. The summed E-state index contributed by atoms with van der Waals surface area (Å²) in [5.74, 6) is 0. The van der Waals surface area contributed by atoms with E-state index in [2.05, 4.69) is 69.7 Å². The van der Waals surface area contributed by atoms with Crippen LogP contribution in [-0.4, -0.2) is 19.0 Å². The Bertz CT molecular complexity index is 1350. The van der Waals surface area contributed by atoms with Crippen molar-refractivity contribution in [2.24, 2.45) is 5.41 Å². The van der Waals surface area contributed by atoms with Crippen LogP contribution in [0, 0.1) is 23.7 Å². The number of alkyl halides is 1. The molecular weight excluding hydrogens is 511 g/mol. The molecule has 0 amide bonds. The average Bonchev–Trinajstić information content (AvgIpc) is 2.85. The highest BCUT2D eigenvalue weighted by Crippen LogP contribution is 2.52. The Morgan fingerprint density at radius 2 is 1.63 bits per heavy atom. The van der Waals surface area contributed by atoms with Gasteiger partial charge in [-0.05, 0) is 79.0 Å². The smallest absolute Gasteiger partial charge is 0.115 e. The van der Waals surface area contributed by atoms with Crippen molar-refractivity contribution in [3.63, 3.8) is 0 Å². The van der Waals surface area contributed by atoms with Crippen LogP contribution in [0.3, 0.4) is 0 Å². The van der Waals surface area contributed by atoms with E-state index in [0.29, 0.717) is 10.6 Å². The maximum atomic E-state index is 15.7. The van der Waals surface area contributed by atoms with Gasteiger partial charge in [0.2, 0.25) is 0 Å². The van der Waals surface area contributed by atoms with E-state index in [4.69, 9.17) is 16.9 Å². The summed E-state index contributed by atoms with van der Waals surface area (Å²) in [7, 11) is 2.00. The molecule has 0 bridgehead atoms. The summed E-state index contributed by atoms with van der Waals surface area (Å²) in [5, 5.41) is 9.74. The van der Waals surface area contributed by atoms with Crippen molar-refractivity contribution < 1.29 is 4.39 Å². The summed E-state index contributed by atoms with van der Waals surface area (Å²) in [5.41, 5.74) is 4.73. The summed E-state index contributed by atoms with van der Waals surface area (Å²) in [4.78, 5) is 3.14. The van der Waals surface area contributed by atoms with Crippen molar-refractivity contribution in [2.45, 2.75) is 64.4 Å². The SMILES string of the molecule is C=C(c1ccc(C#N)cc1)N(C)c1cccc(-c2c(C)cc(C(C)(C(C)(C)C)C(C)(C)F)cc2Cl)c1SC. The minimum Gasteiger partial charge on any atom is -0.344 e. The highest BCUT2D eigenvalue weighted by molar-refractivity contribution is 7.98. The van der Waals surface area contributed by atoms with E-state index < -0.39 is 11.1 Å². The van der Waals surface area contributed by atoms with Crippen LogP contribution in [0.1, 0.15) is 63.8 Å². The summed E-state index contributed by atoms with van der Waals surface area (Å²) in [6.45, 7) is 17.9. The lowest BCUT2D eigenvalue weighted by Gasteiger charge is -2.49. The van der Waals surface area contributed by atoms with E-state index >= 15 is 4.39 Å². The Hall–Kier alpha value is -2.74. The van der Waals surface area contributed by atoms with Gasteiger partial charge in [0.15, 0.2) is 0 Å². The predicted molar refractivity (Wildman–Crippen MR) is 164 cm³/mol. The number of rotatable bonds is 7. The fraction of sp³-hybridized carbons (Fsp3) is 0.364. The van der Waals surface area contributed by atoms with Gasteiger partial charge < -0.3 is 4.90 Å². The third-order valence-electron chi connectivity index (χ3n) is 8.13. The monoisotopic (exact) mass is 548 g/mol. The molecule has 0 saturated heterocycles. The van der Waals surface area contributed by atoms with E-state index in [-0.39, 0.29) is 5.41 Å². The molecule has 5 heteroatoms. The number of anilines is 1. The van der Waals surface area contributed by atoms with Gasteiger partial charge in [-0.2, -0.15) is 5.26 Å². The minimum atomic E-state index is -1.46. The number of benzene rings is 3. The Kier molecular flexibility index (Phi) is 8.47. The van der Waals surface area contributed by atoms with Gasteiger partial charge in [0.05, 0.1) is 17.3 Å². The second kappa shape index (κ2) is 10.8. The predicted octanol–water partition coefficient (Wildman–Crippen LogP) is 10.1. The van der Waals surface area contributed by atoms with Crippen molar-refractivity contribution in [1.29, 1.82) is 5.26 Å². The Balaban J connectivity index is 2.15. The minimum absolute atomic E-state index is 0.332. The maximum absolute atomic E-state index is 15.7. The van der Waals surface area contributed by atoms with Crippen LogP contribution < -0.4 is 4.90 Å². The first-order valence-electron chi connectivity index (χ1n) is 12.7. The summed E-state index contributed by atoms with van der Waals surface area (Å²) < 4.78 is 15.7. The van der Waals surface area contributed by atoms with Gasteiger partial charge in [-0.15, -0.1) is 11.8 Å². The second-order valence-corrected chi connectivity index (χ2v) is 12.8. The zero-order valence-electron chi connectivity index (χ0n) is 24.0. The molecule has 0 saturated carbocycles. The standard InChI is InChI=1S/C33H38ClFN2S/c1-21-18-25(33(8,31(3,4)5)32(6,7)35)19-27(34)29(21)26-12-11-13-28(30(26)38-10)37(9)22(2)24-16-14-23(20-36)15-17-24/h11-19H,2H2,1,3-10H3. The Morgan fingerprint density at radius 3 is 2.11 bits per heavy atom. The number of nitrogens with zero attached hydrogens (tertiary/aromatic N) is 2. The molecule has 1 unspecified atom stereocenters. The zero-order chi connectivity index (χ0) is 28.6. The molecule has 0 heterocycles. The molecule has 0 aromatic heterocycles. The largest absolute Gasteiger partial charge is 0.344 e. The lowest BCUT2D eigenvalue weighted by molar-refractivity contribution is 0.0178. The summed E-state index contributed by atoms with van der Waals surface area (Å²) in [6.07, 6.45) is 2.06. The molecule has 0 radical (unpaired) electrons. The Morgan fingerprint density at radius 1 is 1.03 bits per heavy atom. The van der Waals surface area contributed by atoms with Gasteiger partial charge >= 0.3 is 0 Å². The molecule has 0 spiro atoms. The van der Waals surface area contributed by atoms with Crippen molar-refractivity contribution in [2.75, 3.05) is 18.2 Å². The fourth-order valence-corrected chi connectivity index (χ4v) is 6.49. The quantitative estimate of drug-likeness (QED) is 0.275. The van der Waals surface area contributed by atoms with Crippen molar-refractivity contribution in [1.82, 2.24) is 0 Å². The van der Waals surface area contributed by atoms with E-state index in [0.717, 1.165) is 44.1 Å². The molecule has 0 aliphatic heterocycles. The molecule has 200 valence electrons. The number of hydrogen-bond donors (Lipinski definition) is 0. The number of nitriles is 1. The molecule has 3 aromatic rings. The normalized spacial score (nSPS) is 13.5. The van der Waals surface area contributed by atoms with Crippen molar-refractivity contribution in [3.05, 3.63) is 88.5 Å². The number of aryl methyl sites for hydroxylation is 1. The van der Waals surface area contributed by atoms with Gasteiger partial charge in [-0.3, -0.25) is 0 Å². The molecule has 3 aromatic carbocycles. The second-order valence-electron chi connectivity index (χ2n) is 11.6. The summed E-state index contributed by atoms with van der Waals surface area (Å²) >= 11 is 8.69. The number of halogens is 2. The first-order chi connectivity index (χ1) is 17.6. The van der Waals surface area contributed by atoms with Crippen LogP contribution in [0.4, 0.5) is 10.1 Å². The first-order valence-corrected chi connectivity index (χ1v) is 14.3. The summed E-state index contributed by atoms with van der Waals surface area (Å²) in [6, 6.07) is 19.8. The van der Waals surface area contributed by atoms with Gasteiger partial charge in [0.1, 0.15) is 5.67 Å². The van der Waals surface area contributed by atoms with Gasteiger partial charge in [0, 0.05) is 33.6 Å². The van der Waals surface area contributed by atoms with Gasteiger partial charge in [-0.25, -0.2) is 4.39 Å². The topological polar surface area (TPSA) is 27.0 Å². The fourth-order valence-electron chi connectivity index (χ4n) is 5.32. The van der Waals surface area contributed by atoms with Crippen LogP contribution in [0.2, 0.25) is 5.02 Å². The van der Waals surface area contributed by atoms with Crippen LogP contribution in [0.15, 0.2) is 66.1 Å². The van der Waals surface area contributed by atoms with Crippen LogP contribution >= 0.6 is 23.4 Å². The van der Waals surface area contributed by atoms with Crippen LogP contribution in [0.25, 0.3) is 16.8 Å². The van der Waals surface area contributed by atoms with E-state index in [9.17, 15) is 0 Å². The molecule has 3 rings (SSSR count). The maximum Gasteiger partial charge on any atom is 0.115 e. The zero-order valence-corrected chi connectivity index (χ0v) is 25.5. The molecule has 38 heavy (non-hydrogen) atoms. The molecule has 2 nitrogen and oxygen atoms in total. The van der Waals surface area contributed by atoms with E-state index in [1.54, 1.807) is 37.7 Å². The van der Waals surface area contributed by atoms with E-state index in [1.807, 2.05) is 38.2 Å². The van der Waals surface area contributed by atoms with Gasteiger partial charge in [-0.1, -0.05) is 76.2 Å². The van der Waals surface area contributed by atoms with Crippen LogP contribution in [-0.2, 0) is 5.41 Å². The molecule has 0 N–H and O–H groups in total. The molecule has 1 atom stereocenters. The van der Waals surface area contributed by atoms with Gasteiger partial charge in [0.25, 0.3) is 0 Å². The lowest BCUT2D eigenvalue weighted by atomic mass is 9.57.